The molecule has 5 nitrogen and oxygen atoms in total. The molecule has 0 spiro atoms. The first-order valence-corrected chi connectivity index (χ1v) is 12.9. The standard InChI is InChI=1S/C28H32ClN3O2/c1-2-24-7-5-15-31(24)27(33)21-13-16-30(17-14-21)28(34)26-18-22-6-3-4-8-25(22)32(26)19-20-9-11-23(29)12-10-20/h3-4,6,8-12,18,21,24H,2,5,7,13-17,19H2,1H3/t24-/m1/s1. The van der Waals surface area contributed by atoms with Crippen molar-refractivity contribution >= 4 is 34.3 Å². The number of hydrogen-bond donors (Lipinski definition) is 0. The normalized spacial score (nSPS) is 19.2. The van der Waals surface area contributed by atoms with Crippen LogP contribution in [-0.4, -0.2) is 51.9 Å². The summed E-state index contributed by atoms with van der Waals surface area (Å²) < 4.78 is 2.11. The van der Waals surface area contributed by atoms with Crippen molar-refractivity contribution in [2.45, 2.75) is 51.6 Å². The molecule has 3 aromatic rings. The van der Waals surface area contributed by atoms with Crippen LogP contribution in [0, 0.1) is 5.92 Å². The van der Waals surface area contributed by atoms with Gasteiger partial charge in [-0.05, 0) is 61.9 Å². The van der Waals surface area contributed by atoms with Gasteiger partial charge in [0.05, 0.1) is 0 Å². The van der Waals surface area contributed by atoms with Crippen molar-refractivity contribution in [3.05, 3.63) is 70.9 Å². The van der Waals surface area contributed by atoms with E-state index >= 15 is 0 Å². The van der Waals surface area contributed by atoms with Gasteiger partial charge in [0, 0.05) is 54.1 Å². The number of hydrogen-bond acceptors (Lipinski definition) is 2. The highest BCUT2D eigenvalue weighted by Gasteiger charge is 2.35. The van der Waals surface area contributed by atoms with E-state index in [0.29, 0.717) is 42.3 Å². The lowest BCUT2D eigenvalue weighted by Crippen LogP contribution is -2.46. The maximum absolute atomic E-state index is 13.7. The number of likely N-dealkylation sites (tertiary alicyclic amines) is 2. The van der Waals surface area contributed by atoms with Gasteiger partial charge < -0.3 is 14.4 Å². The van der Waals surface area contributed by atoms with Crippen molar-refractivity contribution < 1.29 is 9.59 Å². The topological polar surface area (TPSA) is 45.6 Å². The molecule has 2 amide bonds. The molecule has 0 unspecified atom stereocenters. The van der Waals surface area contributed by atoms with Gasteiger partial charge >= 0.3 is 0 Å². The highest BCUT2D eigenvalue weighted by atomic mass is 35.5. The molecule has 2 aromatic carbocycles. The fourth-order valence-electron chi connectivity index (χ4n) is 5.61. The molecule has 5 rings (SSSR count). The number of benzene rings is 2. The van der Waals surface area contributed by atoms with Crippen LogP contribution in [0.25, 0.3) is 10.9 Å². The van der Waals surface area contributed by atoms with Crippen LogP contribution in [0.3, 0.4) is 0 Å². The van der Waals surface area contributed by atoms with Gasteiger partial charge in [-0.3, -0.25) is 9.59 Å². The number of carbonyl (C=O) groups is 2. The van der Waals surface area contributed by atoms with Gasteiger partial charge in [-0.2, -0.15) is 0 Å². The molecule has 1 aromatic heterocycles. The number of carbonyl (C=O) groups excluding carboxylic acids is 2. The van der Waals surface area contributed by atoms with Crippen LogP contribution in [-0.2, 0) is 11.3 Å². The zero-order valence-electron chi connectivity index (χ0n) is 19.8. The van der Waals surface area contributed by atoms with Crippen LogP contribution in [0.4, 0.5) is 0 Å². The Morgan fingerprint density at radius 3 is 2.44 bits per heavy atom. The minimum atomic E-state index is 0.0381. The molecule has 34 heavy (non-hydrogen) atoms. The predicted octanol–water partition coefficient (Wildman–Crippen LogP) is 5.60. The fraction of sp³-hybridized carbons (Fsp3) is 0.429. The molecule has 178 valence electrons. The maximum Gasteiger partial charge on any atom is 0.270 e. The van der Waals surface area contributed by atoms with E-state index in [0.717, 1.165) is 55.1 Å². The summed E-state index contributed by atoms with van der Waals surface area (Å²) in [4.78, 5) is 30.8. The molecule has 0 radical (unpaired) electrons. The van der Waals surface area contributed by atoms with Gasteiger partial charge in [-0.15, -0.1) is 0 Å². The predicted molar refractivity (Wildman–Crippen MR) is 136 cm³/mol. The van der Waals surface area contributed by atoms with Gasteiger partial charge in [0.1, 0.15) is 5.69 Å². The summed E-state index contributed by atoms with van der Waals surface area (Å²) in [6.45, 7) is 4.92. The number of fused-ring (bicyclic) bond motifs is 1. The molecule has 1 atom stereocenters. The van der Waals surface area contributed by atoms with Gasteiger partial charge in [0.2, 0.25) is 5.91 Å². The highest BCUT2D eigenvalue weighted by molar-refractivity contribution is 6.30. The third-order valence-electron chi connectivity index (χ3n) is 7.55. The second kappa shape index (κ2) is 9.83. The monoisotopic (exact) mass is 477 g/mol. The summed E-state index contributed by atoms with van der Waals surface area (Å²) in [7, 11) is 0. The Balaban J connectivity index is 1.33. The van der Waals surface area contributed by atoms with E-state index in [1.807, 2.05) is 47.4 Å². The van der Waals surface area contributed by atoms with Gasteiger partial charge in [0.15, 0.2) is 0 Å². The smallest absolute Gasteiger partial charge is 0.270 e. The number of nitrogens with zero attached hydrogens (tertiary/aromatic N) is 3. The summed E-state index contributed by atoms with van der Waals surface area (Å²) in [6.07, 6.45) is 4.75. The molecule has 2 fully saturated rings. The van der Waals surface area contributed by atoms with Crippen LogP contribution < -0.4 is 0 Å². The molecule has 3 heterocycles. The summed E-state index contributed by atoms with van der Waals surface area (Å²) in [6, 6.07) is 18.3. The Morgan fingerprint density at radius 2 is 1.71 bits per heavy atom. The molecule has 0 bridgehead atoms. The Bertz CT molecular complexity index is 1180. The Labute approximate surface area is 206 Å². The second-order valence-corrected chi connectivity index (χ2v) is 10.0. The van der Waals surface area contributed by atoms with Crippen molar-refractivity contribution in [1.82, 2.24) is 14.4 Å². The molecule has 2 aliphatic heterocycles. The third kappa shape index (κ3) is 4.46. The molecule has 0 saturated carbocycles. The van der Waals surface area contributed by atoms with Crippen molar-refractivity contribution in [1.29, 1.82) is 0 Å². The van der Waals surface area contributed by atoms with Gasteiger partial charge in [0.25, 0.3) is 5.91 Å². The van der Waals surface area contributed by atoms with Gasteiger partial charge in [-0.25, -0.2) is 0 Å². The van der Waals surface area contributed by atoms with E-state index in [-0.39, 0.29) is 11.8 Å². The van der Waals surface area contributed by atoms with Crippen molar-refractivity contribution in [3.8, 4) is 0 Å². The van der Waals surface area contributed by atoms with Crippen LogP contribution in [0.5, 0.6) is 0 Å². The molecule has 2 saturated heterocycles. The summed E-state index contributed by atoms with van der Waals surface area (Å²) in [5.41, 5.74) is 2.84. The molecule has 0 N–H and O–H groups in total. The average Bonchev–Trinajstić information content (AvgIpc) is 3.49. The largest absolute Gasteiger partial charge is 0.339 e. The van der Waals surface area contributed by atoms with E-state index in [9.17, 15) is 9.59 Å². The lowest BCUT2D eigenvalue weighted by atomic mass is 9.94. The summed E-state index contributed by atoms with van der Waals surface area (Å²) >= 11 is 6.07. The Morgan fingerprint density at radius 1 is 0.971 bits per heavy atom. The zero-order chi connectivity index (χ0) is 23.7. The Hall–Kier alpha value is -2.79. The number of amides is 2. The van der Waals surface area contributed by atoms with Crippen molar-refractivity contribution in [3.63, 3.8) is 0 Å². The first kappa shape index (κ1) is 23.0. The number of aromatic nitrogens is 1. The third-order valence-corrected chi connectivity index (χ3v) is 7.80. The number of para-hydroxylation sites is 1. The van der Waals surface area contributed by atoms with E-state index in [1.165, 1.54) is 0 Å². The summed E-state index contributed by atoms with van der Waals surface area (Å²) in [5, 5.41) is 1.76. The van der Waals surface area contributed by atoms with Crippen molar-refractivity contribution in [2.75, 3.05) is 19.6 Å². The molecule has 0 aliphatic carbocycles. The van der Waals surface area contributed by atoms with E-state index < -0.39 is 0 Å². The van der Waals surface area contributed by atoms with Crippen LogP contribution in [0.2, 0.25) is 5.02 Å². The van der Waals surface area contributed by atoms with E-state index in [1.54, 1.807) is 0 Å². The fourth-order valence-corrected chi connectivity index (χ4v) is 5.73. The van der Waals surface area contributed by atoms with Crippen LogP contribution in [0.15, 0.2) is 54.6 Å². The number of rotatable bonds is 5. The molecular weight excluding hydrogens is 446 g/mol. The molecule has 6 heteroatoms. The summed E-state index contributed by atoms with van der Waals surface area (Å²) in [5.74, 6) is 0.382. The van der Waals surface area contributed by atoms with E-state index in [2.05, 4.69) is 28.5 Å². The maximum atomic E-state index is 13.7. The zero-order valence-corrected chi connectivity index (χ0v) is 20.5. The first-order valence-electron chi connectivity index (χ1n) is 12.5. The second-order valence-electron chi connectivity index (χ2n) is 9.60. The first-order chi connectivity index (χ1) is 16.5. The van der Waals surface area contributed by atoms with Crippen molar-refractivity contribution in [2.24, 2.45) is 5.92 Å². The SMILES string of the molecule is CC[C@@H]1CCCN1C(=O)C1CCN(C(=O)c2cc3ccccc3n2Cc2ccc(Cl)cc2)CC1. The quantitative estimate of drug-likeness (QED) is 0.480. The number of halogens is 1. The minimum Gasteiger partial charge on any atom is -0.339 e. The van der Waals surface area contributed by atoms with E-state index in [4.69, 9.17) is 11.6 Å². The minimum absolute atomic E-state index is 0.0381. The van der Waals surface area contributed by atoms with Crippen LogP contribution >= 0.6 is 11.6 Å². The Kier molecular flexibility index (Phi) is 6.64. The van der Waals surface area contributed by atoms with Gasteiger partial charge in [-0.1, -0.05) is 48.9 Å². The lowest BCUT2D eigenvalue weighted by Gasteiger charge is -2.35. The number of piperidine rings is 1. The molecule has 2 aliphatic rings. The average molecular weight is 478 g/mol. The highest BCUT2D eigenvalue weighted by Crippen LogP contribution is 2.28. The lowest BCUT2D eigenvalue weighted by molar-refractivity contribution is -0.137. The van der Waals surface area contributed by atoms with Crippen LogP contribution in [0.1, 0.15) is 55.1 Å². The molecular formula is C28H32ClN3O2.